The average molecular weight is 376 g/mol. The fraction of sp³-hybridized carbons (Fsp3) is 0.182. The third-order valence-electron chi connectivity index (χ3n) is 4.39. The van der Waals surface area contributed by atoms with Crippen molar-refractivity contribution < 1.29 is 9.53 Å². The van der Waals surface area contributed by atoms with Crippen LogP contribution in [0.4, 0.5) is 5.69 Å². The molecule has 0 radical (unpaired) electrons. The molecular formula is C22H24N4O2. The minimum Gasteiger partial charge on any atom is -0.496 e. The molecule has 0 saturated heterocycles. The third kappa shape index (κ3) is 4.23. The summed E-state index contributed by atoms with van der Waals surface area (Å²) in [4.78, 5) is 14.5. The average Bonchev–Trinajstić information content (AvgIpc) is 3.16. The number of amides is 1. The summed E-state index contributed by atoms with van der Waals surface area (Å²) in [6, 6.07) is 17.5. The number of aryl methyl sites for hydroxylation is 1. The largest absolute Gasteiger partial charge is 0.496 e. The Kier molecular flexibility index (Phi) is 5.79. The molecule has 2 aromatic carbocycles. The van der Waals surface area contributed by atoms with Gasteiger partial charge in [0.05, 0.1) is 24.6 Å². The van der Waals surface area contributed by atoms with Gasteiger partial charge < -0.3 is 14.2 Å². The van der Waals surface area contributed by atoms with Crippen LogP contribution in [0.5, 0.6) is 5.75 Å². The number of anilines is 1. The van der Waals surface area contributed by atoms with Crippen molar-refractivity contribution in [3.8, 4) is 11.4 Å². The van der Waals surface area contributed by atoms with E-state index in [0.29, 0.717) is 11.3 Å². The molecule has 0 fully saturated rings. The van der Waals surface area contributed by atoms with Crippen LogP contribution in [-0.4, -0.2) is 37.9 Å². The second kappa shape index (κ2) is 8.43. The Labute approximate surface area is 165 Å². The molecule has 144 valence electrons. The lowest BCUT2D eigenvalue weighted by Gasteiger charge is -2.13. The number of benzene rings is 2. The van der Waals surface area contributed by atoms with Gasteiger partial charge in [0.2, 0.25) is 0 Å². The summed E-state index contributed by atoms with van der Waals surface area (Å²) in [5.41, 5.74) is 7.03. The van der Waals surface area contributed by atoms with Crippen LogP contribution in [0, 0.1) is 6.92 Å². The van der Waals surface area contributed by atoms with Crippen LogP contribution in [0.2, 0.25) is 0 Å². The highest BCUT2D eigenvalue weighted by molar-refractivity contribution is 5.97. The maximum atomic E-state index is 12.4. The molecule has 1 amide bonds. The number of methoxy groups -OCH3 is 1. The van der Waals surface area contributed by atoms with Crippen molar-refractivity contribution in [2.24, 2.45) is 5.10 Å². The molecule has 0 atom stereocenters. The van der Waals surface area contributed by atoms with Gasteiger partial charge in [-0.15, -0.1) is 0 Å². The first-order valence-electron chi connectivity index (χ1n) is 8.93. The minimum absolute atomic E-state index is 0.318. The maximum Gasteiger partial charge on any atom is 0.275 e. The molecule has 0 aliphatic rings. The van der Waals surface area contributed by atoms with Crippen LogP contribution in [0.1, 0.15) is 21.6 Å². The number of nitrogens with one attached hydrogen (secondary N) is 1. The molecule has 6 nitrogen and oxygen atoms in total. The van der Waals surface area contributed by atoms with E-state index in [9.17, 15) is 4.79 Å². The van der Waals surface area contributed by atoms with E-state index < -0.39 is 0 Å². The van der Waals surface area contributed by atoms with E-state index >= 15 is 0 Å². The first-order valence-corrected chi connectivity index (χ1v) is 8.93. The van der Waals surface area contributed by atoms with Gasteiger partial charge in [-0.25, -0.2) is 5.43 Å². The Balaban J connectivity index is 1.74. The SMILES string of the molecule is COc1cc(C)ccc1C(=O)NN=Cc1cccn1-c1ccc(N(C)C)cc1. The first kappa shape index (κ1) is 19.2. The van der Waals surface area contributed by atoms with E-state index in [2.05, 4.69) is 27.6 Å². The van der Waals surface area contributed by atoms with Crippen LogP contribution in [0.15, 0.2) is 65.9 Å². The molecule has 1 aromatic heterocycles. The molecule has 0 spiro atoms. The Bertz CT molecular complexity index is 988. The summed E-state index contributed by atoms with van der Waals surface area (Å²) < 4.78 is 7.28. The summed E-state index contributed by atoms with van der Waals surface area (Å²) in [5.74, 6) is 0.207. The second-order valence-corrected chi connectivity index (χ2v) is 6.62. The van der Waals surface area contributed by atoms with E-state index in [1.165, 1.54) is 0 Å². The van der Waals surface area contributed by atoms with Gasteiger partial charge in [-0.2, -0.15) is 5.10 Å². The van der Waals surface area contributed by atoms with E-state index in [-0.39, 0.29) is 5.91 Å². The smallest absolute Gasteiger partial charge is 0.275 e. The van der Waals surface area contributed by atoms with Crippen molar-refractivity contribution in [2.45, 2.75) is 6.92 Å². The summed E-state index contributed by atoms with van der Waals surface area (Å²) >= 11 is 0. The summed E-state index contributed by atoms with van der Waals surface area (Å²) in [5, 5.41) is 4.11. The molecule has 0 saturated carbocycles. The van der Waals surface area contributed by atoms with Crippen molar-refractivity contribution in [3.63, 3.8) is 0 Å². The number of ether oxygens (including phenoxy) is 1. The van der Waals surface area contributed by atoms with Gasteiger partial charge >= 0.3 is 0 Å². The lowest BCUT2D eigenvalue weighted by molar-refractivity contribution is 0.0952. The van der Waals surface area contributed by atoms with Gasteiger partial charge in [0, 0.05) is 31.7 Å². The Morgan fingerprint density at radius 2 is 1.89 bits per heavy atom. The fourth-order valence-corrected chi connectivity index (χ4v) is 2.85. The van der Waals surface area contributed by atoms with Crippen LogP contribution >= 0.6 is 0 Å². The van der Waals surface area contributed by atoms with Crippen LogP contribution in [-0.2, 0) is 0 Å². The van der Waals surface area contributed by atoms with Crippen LogP contribution in [0.25, 0.3) is 5.69 Å². The predicted molar refractivity (Wildman–Crippen MR) is 113 cm³/mol. The molecule has 6 heteroatoms. The molecule has 0 aliphatic carbocycles. The summed E-state index contributed by atoms with van der Waals surface area (Å²) in [6.45, 7) is 1.95. The number of aromatic nitrogens is 1. The summed E-state index contributed by atoms with van der Waals surface area (Å²) in [7, 11) is 5.56. The molecule has 3 aromatic rings. The van der Waals surface area contributed by atoms with Gasteiger partial charge in [0.25, 0.3) is 5.91 Å². The Morgan fingerprint density at radius 3 is 2.57 bits per heavy atom. The molecular weight excluding hydrogens is 352 g/mol. The monoisotopic (exact) mass is 376 g/mol. The lowest BCUT2D eigenvalue weighted by atomic mass is 10.1. The summed E-state index contributed by atoms with van der Waals surface area (Å²) in [6.07, 6.45) is 3.58. The van der Waals surface area contributed by atoms with Gasteiger partial charge in [0.15, 0.2) is 0 Å². The molecule has 1 heterocycles. The molecule has 0 aliphatic heterocycles. The zero-order valence-electron chi connectivity index (χ0n) is 16.5. The first-order chi connectivity index (χ1) is 13.5. The van der Waals surface area contributed by atoms with E-state index in [1.807, 2.05) is 68.2 Å². The highest BCUT2D eigenvalue weighted by Gasteiger charge is 2.11. The van der Waals surface area contributed by atoms with E-state index in [0.717, 1.165) is 22.6 Å². The number of carbonyl (C=O) groups is 1. The number of hydrogen-bond acceptors (Lipinski definition) is 4. The highest BCUT2D eigenvalue weighted by atomic mass is 16.5. The van der Waals surface area contributed by atoms with Crippen LogP contribution < -0.4 is 15.1 Å². The maximum absolute atomic E-state index is 12.4. The molecule has 0 bridgehead atoms. The quantitative estimate of drug-likeness (QED) is 0.528. The fourth-order valence-electron chi connectivity index (χ4n) is 2.85. The number of rotatable bonds is 6. The van der Waals surface area contributed by atoms with Gasteiger partial charge in [0.1, 0.15) is 5.75 Å². The van der Waals surface area contributed by atoms with Crippen molar-refractivity contribution in [2.75, 3.05) is 26.1 Å². The van der Waals surface area contributed by atoms with E-state index in [4.69, 9.17) is 4.74 Å². The van der Waals surface area contributed by atoms with Crippen molar-refractivity contribution >= 4 is 17.8 Å². The number of nitrogens with zero attached hydrogens (tertiary/aromatic N) is 3. The topological polar surface area (TPSA) is 58.9 Å². The van der Waals surface area contributed by atoms with Crippen LogP contribution in [0.3, 0.4) is 0 Å². The van der Waals surface area contributed by atoms with E-state index in [1.54, 1.807) is 19.4 Å². The number of hydrazone groups is 1. The third-order valence-corrected chi connectivity index (χ3v) is 4.39. The standard InChI is InChI=1S/C22H24N4O2/c1-16-7-12-20(21(14-16)28-4)22(27)24-23-15-19-6-5-13-26(19)18-10-8-17(9-11-18)25(2)3/h5-15H,1-4H3,(H,24,27). The lowest BCUT2D eigenvalue weighted by Crippen LogP contribution is -2.18. The number of carbonyl (C=O) groups excluding carboxylic acids is 1. The van der Waals surface area contributed by atoms with Crippen molar-refractivity contribution in [1.82, 2.24) is 9.99 Å². The van der Waals surface area contributed by atoms with Gasteiger partial charge in [-0.05, 0) is 61.0 Å². The zero-order chi connectivity index (χ0) is 20.1. The van der Waals surface area contributed by atoms with Gasteiger partial charge in [-0.3, -0.25) is 4.79 Å². The van der Waals surface area contributed by atoms with Crippen molar-refractivity contribution in [1.29, 1.82) is 0 Å². The Morgan fingerprint density at radius 1 is 1.14 bits per heavy atom. The highest BCUT2D eigenvalue weighted by Crippen LogP contribution is 2.20. The molecule has 28 heavy (non-hydrogen) atoms. The van der Waals surface area contributed by atoms with Crippen molar-refractivity contribution in [3.05, 3.63) is 77.6 Å². The molecule has 3 rings (SSSR count). The van der Waals surface area contributed by atoms with Gasteiger partial charge in [-0.1, -0.05) is 6.07 Å². The zero-order valence-corrected chi connectivity index (χ0v) is 16.5. The molecule has 0 unspecified atom stereocenters. The minimum atomic E-state index is -0.318. The number of hydrogen-bond donors (Lipinski definition) is 1. The molecule has 1 N–H and O–H groups in total. The normalized spacial score (nSPS) is 10.9. The second-order valence-electron chi connectivity index (χ2n) is 6.62. The predicted octanol–water partition coefficient (Wildman–Crippen LogP) is 3.62. The Hall–Kier alpha value is -3.54.